The third-order valence-corrected chi connectivity index (χ3v) is 7.39. The van der Waals surface area contributed by atoms with Gasteiger partial charge in [-0.1, -0.05) is 43.1 Å². The molecule has 2 aromatic carbocycles. The summed E-state index contributed by atoms with van der Waals surface area (Å²) in [4.78, 5) is 8.68. The Labute approximate surface area is 211 Å². The number of methoxy groups -OCH3 is 1. The van der Waals surface area contributed by atoms with Gasteiger partial charge in [0.15, 0.2) is 0 Å². The summed E-state index contributed by atoms with van der Waals surface area (Å²) in [6.07, 6.45) is 2.20. The molecule has 0 saturated heterocycles. The molecule has 1 atom stereocenters. The number of hydrogen-bond donors (Lipinski definition) is 0. The van der Waals surface area contributed by atoms with E-state index in [1.807, 2.05) is 24.3 Å². The van der Waals surface area contributed by atoms with Crippen molar-refractivity contribution in [3.63, 3.8) is 0 Å². The van der Waals surface area contributed by atoms with Crippen LogP contribution >= 0.6 is 46.9 Å². The van der Waals surface area contributed by atoms with E-state index in [0.717, 1.165) is 59.4 Å². The Hall–Kier alpha value is -1.30. The molecule has 3 rings (SSSR count). The Kier molecular flexibility index (Phi) is 10.8. The van der Waals surface area contributed by atoms with E-state index in [1.54, 1.807) is 18.4 Å². The fourth-order valence-electron chi connectivity index (χ4n) is 3.63. The van der Waals surface area contributed by atoms with E-state index in [0.29, 0.717) is 10.0 Å². The fraction of sp³-hybridized carbons (Fsp3) is 0.400. The Morgan fingerprint density at radius 3 is 2.44 bits per heavy atom. The maximum absolute atomic E-state index is 6.28. The van der Waals surface area contributed by atoms with Crippen molar-refractivity contribution in [2.24, 2.45) is 4.99 Å². The van der Waals surface area contributed by atoms with Crippen LogP contribution in [0.5, 0.6) is 5.75 Å². The molecular formula is C25H31Cl3N2OS. The highest BCUT2D eigenvalue weighted by molar-refractivity contribution is 7.21. The number of halogens is 3. The fourth-order valence-corrected chi connectivity index (χ4v) is 4.99. The summed E-state index contributed by atoms with van der Waals surface area (Å²) < 4.78 is 6.63. The van der Waals surface area contributed by atoms with Crippen molar-refractivity contribution in [2.45, 2.75) is 39.7 Å². The molecule has 1 aromatic heterocycles. The zero-order chi connectivity index (χ0) is 22.4. The second-order valence-electron chi connectivity index (χ2n) is 7.63. The lowest BCUT2D eigenvalue weighted by atomic mass is 10.1. The van der Waals surface area contributed by atoms with E-state index in [-0.39, 0.29) is 18.4 Å². The van der Waals surface area contributed by atoms with Crippen molar-refractivity contribution in [3.05, 3.63) is 57.9 Å². The molecule has 0 aliphatic carbocycles. The second kappa shape index (κ2) is 12.8. The van der Waals surface area contributed by atoms with Crippen molar-refractivity contribution in [3.8, 4) is 16.2 Å². The quantitative estimate of drug-likeness (QED) is 0.292. The minimum atomic E-state index is 0. The standard InChI is InChI=1S/C25H30Cl2N2OS.ClH/c1-5-29(6-2)13-7-8-17(3)28-23-16-25(18-9-11-21(26)22(27)14-18)31-24-12-10-19(30-4)15-20(23)24;/h9-12,14-17H,5-8,13H2,1-4H3;1H. The number of benzene rings is 2. The zero-order valence-corrected chi connectivity index (χ0v) is 22.2. The molecule has 0 radical (unpaired) electrons. The predicted molar refractivity (Wildman–Crippen MR) is 143 cm³/mol. The Morgan fingerprint density at radius 1 is 1.03 bits per heavy atom. The first-order valence-corrected chi connectivity index (χ1v) is 12.4. The zero-order valence-electron chi connectivity index (χ0n) is 19.0. The minimum Gasteiger partial charge on any atom is -0.497 e. The van der Waals surface area contributed by atoms with E-state index in [4.69, 9.17) is 32.9 Å². The van der Waals surface area contributed by atoms with E-state index in [9.17, 15) is 0 Å². The molecule has 0 bridgehead atoms. The molecule has 0 fully saturated rings. The van der Waals surface area contributed by atoms with Gasteiger partial charge in [0.25, 0.3) is 0 Å². The lowest BCUT2D eigenvalue weighted by Gasteiger charge is -2.18. The monoisotopic (exact) mass is 512 g/mol. The lowest BCUT2D eigenvalue weighted by Crippen LogP contribution is -2.24. The van der Waals surface area contributed by atoms with Crippen LogP contribution in [0, 0.1) is 0 Å². The van der Waals surface area contributed by atoms with Crippen LogP contribution in [0.15, 0.2) is 47.5 Å². The summed E-state index contributed by atoms with van der Waals surface area (Å²) in [7, 11) is 1.70. The molecule has 0 aliphatic heterocycles. The van der Waals surface area contributed by atoms with Gasteiger partial charge in [0.2, 0.25) is 0 Å². The number of fused-ring (bicyclic) bond motifs is 1. The third-order valence-electron chi connectivity index (χ3n) is 5.50. The van der Waals surface area contributed by atoms with Crippen molar-refractivity contribution >= 4 is 57.0 Å². The van der Waals surface area contributed by atoms with Crippen LogP contribution in [0.4, 0.5) is 0 Å². The van der Waals surface area contributed by atoms with Gasteiger partial charge >= 0.3 is 0 Å². The number of rotatable bonds is 9. The molecule has 0 saturated carbocycles. The van der Waals surface area contributed by atoms with E-state index in [1.165, 1.54) is 4.70 Å². The average Bonchev–Trinajstić information content (AvgIpc) is 2.78. The van der Waals surface area contributed by atoms with Crippen LogP contribution in [0.1, 0.15) is 33.6 Å². The van der Waals surface area contributed by atoms with Gasteiger partial charge in [-0.2, -0.15) is 0 Å². The van der Waals surface area contributed by atoms with Crippen LogP contribution in [-0.2, 0) is 0 Å². The number of nitrogens with zero attached hydrogens (tertiary/aromatic N) is 2. The van der Waals surface area contributed by atoms with Crippen LogP contribution in [0.2, 0.25) is 10.0 Å². The lowest BCUT2D eigenvalue weighted by molar-refractivity contribution is 0.294. The number of ether oxygens (including phenoxy) is 1. The van der Waals surface area contributed by atoms with Crippen LogP contribution in [0.3, 0.4) is 0 Å². The molecule has 0 N–H and O–H groups in total. The van der Waals surface area contributed by atoms with Crippen LogP contribution in [0.25, 0.3) is 20.5 Å². The summed E-state index contributed by atoms with van der Waals surface area (Å²) in [6, 6.07) is 14.3. The molecule has 7 heteroatoms. The summed E-state index contributed by atoms with van der Waals surface area (Å²) in [5, 5.41) is 3.23. The normalized spacial score (nSPS) is 12.8. The Morgan fingerprint density at radius 2 is 1.78 bits per heavy atom. The average molecular weight is 514 g/mol. The molecule has 174 valence electrons. The highest BCUT2D eigenvalue weighted by Gasteiger charge is 2.09. The molecule has 0 amide bonds. The number of hydrogen-bond acceptors (Lipinski definition) is 4. The molecule has 1 unspecified atom stereocenters. The molecule has 1 heterocycles. The van der Waals surface area contributed by atoms with Crippen LogP contribution < -0.4 is 10.1 Å². The van der Waals surface area contributed by atoms with Gasteiger partial charge in [-0.25, -0.2) is 0 Å². The van der Waals surface area contributed by atoms with Gasteiger partial charge < -0.3 is 9.64 Å². The van der Waals surface area contributed by atoms with Gasteiger partial charge in [0.1, 0.15) is 5.75 Å². The van der Waals surface area contributed by atoms with Gasteiger partial charge in [0.05, 0.1) is 22.5 Å². The SMILES string of the molecule is CCN(CC)CCCC(C)N=c1cc(-c2ccc(Cl)c(Cl)c2)sc2ccc(OC)cc12.Cl. The Balaban J connectivity index is 0.00000363. The maximum atomic E-state index is 6.28. The topological polar surface area (TPSA) is 24.8 Å². The summed E-state index contributed by atoms with van der Waals surface area (Å²) in [6.45, 7) is 9.94. The maximum Gasteiger partial charge on any atom is 0.119 e. The molecule has 32 heavy (non-hydrogen) atoms. The van der Waals surface area contributed by atoms with Crippen molar-refractivity contribution in [1.82, 2.24) is 4.90 Å². The summed E-state index contributed by atoms with van der Waals surface area (Å²) in [5.74, 6) is 0.840. The summed E-state index contributed by atoms with van der Waals surface area (Å²) in [5.41, 5.74) is 1.04. The highest BCUT2D eigenvalue weighted by atomic mass is 35.5. The van der Waals surface area contributed by atoms with Gasteiger partial charge in [-0.05, 0) is 81.4 Å². The molecular weight excluding hydrogens is 483 g/mol. The molecule has 0 spiro atoms. The largest absolute Gasteiger partial charge is 0.497 e. The van der Waals surface area contributed by atoms with E-state index < -0.39 is 0 Å². The smallest absolute Gasteiger partial charge is 0.119 e. The van der Waals surface area contributed by atoms with Crippen molar-refractivity contribution in [1.29, 1.82) is 0 Å². The first-order valence-electron chi connectivity index (χ1n) is 10.8. The highest BCUT2D eigenvalue weighted by Crippen LogP contribution is 2.33. The minimum absolute atomic E-state index is 0. The van der Waals surface area contributed by atoms with Crippen molar-refractivity contribution < 1.29 is 4.74 Å². The first kappa shape index (κ1) is 26.9. The van der Waals surface area contributed by atoms with Gasteiger partial charge in [-0.15, -0.1) is 23.7 Å². The van der Waals surface area contributed by atoms with Crippen molar-refractivity contribution in [2.75, 3.05) is 26.7 Å². The molecule has 3 nitrogen and oxygen atoms in total. The second-order valence-corrected chi connectivity index (χ2v) is 9.53. The third kappa shape index (κ3) is 6.85. The predicted octanol–water partition coefficient (Wildman–Crippen LogP) is 7.72. The first-order chi connectivity index (χ1) is 14.9. The Bertz CT molecular complexity index is 1100. The van der Waals surface area contributed by atoms with Crippen LogP contribution in [-0.4, -0.2) is 37.7 Å². The van der Waals surface area contributed by atoms with E-state index in [2.05, 4.69) is 43.9 Å². The molecule has 0 aliphatic rings. The van der Waals surface area contributed by atoms with E-state index >= 15 is 0 Å². The summed E-state index contributed by atoms with van der Waals surface area (Å²) >= 11 is 14.1. The van der Waals surface area contributed by atoms with Gasteiger partial charge in [-0.3, -0.25) is 4.99 Å². The molecule has 3 aromatic rings. The van der Waals surface area contributed by atoms with Gasteiger partial charge in [0, 0.05) is 21.0 Å².